The van der Waals surface area contributed by atoms with Crippen molar-refractivity contribution in [3.63, 3.8) is 0 Å². The third-order valence-corrected chi connectivity index (χ3v) is 5.25. The quantitative estimate of drug-likeness (QED) is 0.923. The molecule has 0 bridgehead atoms. The molecule has 0 spiro atoms. The second-order valence-electron chi connectivity index (χ2n) is 6.88. The molecule has 1 aromatic rings. The number of nitrogens with zero attached hydrogens (tertiary/aromatic N) is 2. The average molecular weight is 281 g/mol. The van der Waals surface area contributed by atoms with Crippen molar-refractivity contribution in [1.29, 1.82) is 0 Å². The fraction of sp³-hybridized carbons (Fsp3) is 0.800. The molecule has 19 heavy (non-hydrogen) atoms. The molecule has 1 atom stereocenters. The van der Waals surface area contributed by atoms with E-state index in [4.69, 9.17) is 5.73 Å². The van der Waals surface area contributed by atoms with Gasteiger partial charge in [0.1, 0.15) is 5.01 Å². The van der Waals surface area contributed by atoms with Gasteiger partial charge in [-0.2, -0.15) is 0 Å². The Kier molecular flexibility index (Phi) is 4.64. The second-order valence-corrected chi connectivity index (χ2v) is 7.77. The first-order valence-electron chi connectivity index (χ1n) is 7.28. The molecule has 1 aliphatic heterocycles. The number of nitrogens with two attached hydrogens (primary N) is 1. The summed E-state index contributed by atoms with van der Waals surface area (Å²) in [4.78, 5) is 7.15. The normalized spacial score (nSPS) is 20.7. The largest absolute Gasteiger partial charge is 0.322 e. The van der Waals surface area contributed by atoms with Gasteiger partial charge in [0, 0.05) is 11.9 Å². The molecule has 1 saturated heterocycles. The van der Waals surface area contributed by atoms with E-state index in [0.717, 1.165) is 17.5 Å². The molecule has 1 aromatic heterocycles. The van der Waals surface area contributed by atoms with E-state index in [1.165, 1.54) is 31.6 Å². The van der Waals surface area contributed by atoms with Crippen LogP contribution in [0.5, 0.6) is 0 Å². The van der Waals surface area contributed by atoms with Gasteiger partial charge in [-0.25, -0.2) is 4.98 Å². The lowest BCUT2D eigenvalue weighted by Crippen LogP contribution is -2.37. The number of rotatable bonds is 3. The molecular formula is C15H27N3S. The topological polar surface area (TPSA) is 42.1 Å². The van der Waals surface area contributed by atoms with Crippen molar-refractivity contribution in [2.24, 2.45) is 17.1 Å². The molecule has 1 fully saturated rings. The van der Waals surface area contributed by atoms with Crippen LogP contribution in [0.2, 0.25) is 0 Å². The lowest BCUT2D eigenvalue weighted by atomic mass is 9.75. The lowest BCUT2D eigenvalue weighted by Gasteiger charge is -2.38. The Bertz CT molecular complexity index is 398. The summed E-state index contributed by atoms with van der Waals surface area (Å²) in [6.07, 6.45) is 2.63. The third-order valence-electron chi connectivity index (χ3n) is 4.16. The number of thiazole rings is 1. The highest BCUT2D eigenvalue weighted by atomic mass is 32.1. The summed E-state index contributed by atoms with van der Waals surface area (Å²) in [5, 5.41) is 3.22. The molecule has 1 unspecified atom stereocenters. The Hall–Kier alpha value is -0.450. The molecule has 0 aromatic carbocycles. The van der Waals surface area contributed by atoms with E-state index in [-0.39, 0.29) is 6.04 Å². The molecule has 2 heterocycles. The molecule has 0 amide bonds. The molecule has 0 aliphatic carbocycles. The molecule has 2 rings (SSSR count). The summed E-state index contributed by atoms with van der Waals surface area (Å²) < 4.78 is 0. The minimum Gasteiger partial charge on any atom is -0.322 e. The molecule has 4 heteroatoms. The number of likely N-dealkylation sites (tertiary alicyclic amines) is 1. The fourth-order valence-electron chi connectivity index (χ4n) is 2.79. The Balaban J connectivity index is 1.85. The maximum Gasteiger partial charge on any atom is 0.109 e. The summed E-state index contributed by atoms with van der Waals surface area (Å²) in [7, 11) is 0. The zero-order chi connectivity index (χ0) is 14.0. The number of piperidine rings is 1. The SMILES string of the molecule is CC(N)c1nc(CN2CCC(C(C)(C)C)CC2)cs1. The lowest BCUT2D eigenvalue weighted by molar-refractivity contribution is 0.107. The van der Waals surface area contributed by atoms with Crippen molar-refractivity contribution in [2.75, 3.05) is 13.1 Å². The highest BCUT2D eigenvalue weighted by Crippen LogP contribution is 2.34. The van der Waals surface area contributed by atoms with E-state index in [2.05, 4.69) is 36.0 Å². The van der Waals surface area contributed by atoms with Crippen molar-refractivity contribution < 1.29 is 0 Å². The van der Waals surface area contributed by atoms with Crippen LogP contribution in [0, 0.1) is 11.3 Å². The highest BCUT2D eigenvalue weighted by Gasteiger charge is 2.28. The van der Waals surface area contributed by atoms with Gasteiger partial charge in [0.15, 0.2) is 0 Å². The summed E-state index contributed by atoms with van der Waals surface area (Å²) >= 11 is 1.69. The van der Waals surface area contributed by atoms with Gasteiger partial charge in [-0.1, -0.05) is 20.8 Å². The zero-order valence-corrected chi connectivity index (χ0v) is 13.5. The van der Waals surface area contributed by atoms with Gasteiger partial charge in [-0.05, 0) is 44.2 Å². The molecule has 3 nitrogen and oxygen atoms in total. The summed E-state index contributed by atoms with van der Waals surface area (Å²) in [5.74, 6) is 0.860. The Labute approximate surface area is 121 Å². The van der Waals surface area contributed by atoms with Crippen molar-refractivity contribution >= 4 is 11.3 Å². The zero-order valence-electron chi connectivity index (χ0n) is 12.6. The summed E-state index contributed by atoms with van der Waals surface area (Å²) in [5.41, 5.74) is 7.50. The van der Waals surface area contributed by atoms with Crippen molar-refractivity contribution in [1.82, 2.24) is 9.88 Å². The number of hydrogen-bond donors (Lipinski definition) is 1. The van der Waals surface area contributed by atoms with Crippen LogP contribution in [0.1, 0.15) is 57.3 Å². The third kappa shape index (κ3) is 4.01. The van der Waals surface area contributed by atoms with Gasteiger partial charge >= 0.3 is 0 Å². The molecule has 108 valence electrons. The van der Waals surface area contributed by atoms with Crippen LogP contribution in [0.25, 0.3) is 0 Å². The van der Waals surface area contributed by atoms with Crippen LogP contribution in [0.15, 0.2) is 5.38 Å². The maximum atomic E-state index is 5.86. The van der Waals surface area contributed by atoms with Crippen LogP contribution in [-0.4, -0.2) is 23.0 Å². The van der Waals surface area contributed by atoms with Crippen LogP contribution in [-0.2, 0) is 6.54 Å². The first-order chi connectivity index (χ1) is 8.86. The van der Waals surface area contributed by atoms with E-state index < -0.39 is 0 Å². The van der Waals surface area contributed by atoms with E-state index in [0.29, 0.717) is 5.41 Å². The Morgan fingerprint density at radius 3 is 2.53 bits per heavy atom. The molecule has 2 N–H and O–H groups in total. The minimum atomic E-state index is 0.0605. The minimum absolute atomic E-state index is 0.0605. The van der Waals surface area contributed by atoms with Gasteiger partial charge in [0.05, 0.1) is 11.7 Å². The smallest absolute Gasteiger partial charge is 0.109 e. The predicted molar refractivity (Wildman–Crippen MR) is 82.2 cm³/mol. The van der Waals surface area contributed by atoms with Crippen LogP contribution >= 0.6 is 11.3 Å². The average Bonchev–Trinajstić information content (AvgIpc) is 2.77. The van der Waals surface area contributed by atoms with E-state index in [1.807, 2.05) is 6.92 Å². The van der Waals surface area contributed by atoms with Crippen LogP contribution in [0.4, 0.5) is 0 Å². The van der Waals surface area contributed by atoms with Crippen molar-refractivity contribution in [3.05, 3.63) is 16.1 Å². The van der Waals surface area contributed by atoms with E-state index in [1.54, 1.807) is 11.3 Å². The van der Waals surface area contributed by atoms with Crippen LogP contribution in [0.3, 0.4) is 0 Å². The van der Waals surface area contributed by atoms with Crippen LogP contribution < -0.4 is 5.73 Å². The van der Waals surface area contributed by atoms with E-state index >= 15 is 0 Å². The Morgan fingerprint density at radius 1 is 1.42 bits per heavy atom. The van der Waals surface area contributed by atoms with Crippen molar-refractivity contribution in [3.8, 4) is 0 Å². The number of aromatic nitrogens is 1. The van der Waals surface area contributed by atoms with Gasteiger partial charge in [-0.3, -0.25) is 4.90 Å². The summed E-state index contributed by atoms with van der Waals surface area (Å²) in [6.45, 7) is 12.5. The first kappa shape index (κ1) is 14.9. The monoisotopic (exact) mass is 281 g/mol. The first-order valence-corrected chi connectivity index (χ1v) is 8.16. The van der Waals surface area contributed by atoms with Gasteiger partial charge in [0.25, 0.3) is 0 Å². The fourth-order valence-corrected chi connectivity index (χ4v) is 3.56. The highest BCUT2D eigenvalue weighted by molar-refractivity contribution is 7.09. The number of hydrogen-bond acceptors (Lipinski definition) is 4. The van der Waals surface area contributed by atoms with Crippen molar-refractivity contribution in [2.45, 2.75) is 53.1 Å². The predicted octanol–water partition coefficient (Wildman–Crippen LogP) is 3.42. The standard InChI is InChI=1S/C15H27N3S/c1-11(16)14-17-13(10-19-14)9-18-7-5-12(6-8-18)15(2,3)4/h10-12H,5-9,16H2,1-4H3. The van der Waals surface area contributed by atoms with Gasteiger partial charge in [0.2, 0.25) is 0 Å². The molecule has 0 saturated carbocycles. The van der Waals surface area contributed by atoms with E-state index in [9.17, 15) is 0 Å². The van der Waals surface area contributed by atoms with Gasteiger partial charge in [-0.15, -0.1) is 11.3 Å². The molecule has 0 radical (unpaired) electrons. The molecule has 1 aliphatic rings. The molecular weight excluding hydrogens is 254 g/mol. The Morgan fingerprint density at radius 2 is 2.05 bits per heavy atom. The second kappa shape index (κ2) is 5.90. The van der Waals surface area contributed by atoms with Gasteiger partial charge < -0.3 is 5.73 Å². The summed E-state index contributed by atoms with van der Waals surface area (Å²) in [6, 6.07) is 0.0605. The maximum absolute atomic E-state index is 5.86.